The Bertz CT molecular complexity index is 338. The number of carbonyl (C=O) groups excluding carboxylic acids is 3. The minimum atomic E-state index is -0.785. The molecule has 102 valence electrons. The zero-order chi connectivity index (χ0) is 13.7. The molecule has 0 unspecified atom stereocenters. The first-order chi connectivity index (χ1) is 8.38. The number of rotatable bonds is 4. The van der Waals surface area contributed by atoms with Gasteiger partial charge in [-0.05, 0) is 0 Å². The number of carbonyl (C=O) groups is 3. The quantitative estimate of drug-likeness (QED) is 0.525. The second kappa shape index (κ2) is 6.34. The maximum Gasteiger partial charge on any atom is 0.304 e. The Hall–Kier alpha value is -1.63. The fourth-order valence-corrected chi connectivity index (χ4v) is 1.62. The second-order valence-corrected chi connectivity index (χ2v) is 3.90. The van der Waals surface area contributed by atoms with E-state index in [0.29, 0.717) is 0 Å². The van der Waals surface area contributed by atoms with Crippen molar-refractivity contribution >= 4 is 17.9 Å². The fourth-order valence-electron chi connectivity index (χ4n) is 1.62. The summed E-state index contributed by atoms with van der Waals surface area (Å²) in [4.78, 5) is 32.4. The minimum absolute atomic E-state index is 0.0506. The molecule has 0 aliphatic carbocycles. The highest BCUT2D eigenvalue weighted by Gasteiger charge is 2.39. The van der Waals surface area contributed by atoms with E-state index in [4.69, 9.17) is 18.9 Å². The zero-order valence-electron chi connectivity index (χ0n) is 10.5. The molecule has 0 amide bonds. The number of hydrogen-bond donors (Lipinski definition) is 0. The molecule has 0 aromatic heterocycles. The smallest absolute Gasteiger partial charge is 0.304 e. The first-order valence-corrected chi connectivity index (χ1v) is 5.51. The molecule has 1 saturated heterocycles. The highest BCUT2D eigenvalue weighted by molar-refractivity contribution is 5.67. The lowest BCUT2D eigenvalue weighted by molar-refractivity contribution is -0.179. The predicted octanol–water partition coefficient (Wildman–Crippen LogP) is 0.159. The molecule has 18 heavy (non-hydrogen) atoms. The third kappa shape index (κ3) is 4.70. The molecule has 1 heterocycles. The molecule has 0 N–H and O–H groups in total. The average Bonchev–Trinajstić information content (AvgIpc) is 2.55. The summed E-state index contributed by atoms with van der Waals surface area (Å²) in [6, 6.07) is 0. The Labute approximate surface area is 104 Å². The normalized spacial score (nSPS) is 26.5. The molecule has 1 aliphatic rings. The molecule has 0 aromatic carbocycles. The molecule has 0 saturated carbocycles. The fraction of sp³-hybridized carbons (Fsp3) is 0.727. The third-order valence-corrected chi connectivity index (χ3v) is 2.23. The maximum absolute atomic E-state index is 10.9. The van der Waals surface area contributed by atoms with Crippen LogP contribution in [0.1, 0.15) is 27.2 Å². The number of ether oxygens (including phenoxy) is 4. The van der Waals surface area contributed by atoms with Gasteiger partial charge >= 0.3 is 17.9 Å². The van der Waals surface area contributed by atoms with E-state index in [1.165, 1.54) is 20.8 Å². The highest BCUT2D eigenvalue weighted by atomic mass is 16.7. The number of hydrogen-bond acceptors (Lipinski definition) is 7. The summed E-state index contributed by atoms with van der Waals surface area (Å²) in [5.41, 5.74) is 0. The van der Waals surface area contributed by atoms with Crippen molar-refractivity contribution in [2.45, 2.75) is 45.7 Å². The molecule has 7 nitrogen and oxygen atoms in total. The van der Waals surface area contributed by atoms with Crippen LogP contribution in [0.2, 0.25) is 0 Å². The van der Waals surface area contributed by atoms with Crippen LogP contribution in [0.4, 0.5) is 0 Å². The van der Waals surface area contributed by atoms with E-state index in [2.05, 4.69) is 0 Å². The van der Waals surface area contributed by atoms with Crippen LogP contribution < -0.4 is 0 Å². The Kier molecular flexibility index (Phi) is 5.08. The molecule has 0 bridgehead atoms. The largest absolute Gasteiger partial charge is 0.463 e. The van der Waals surface area contributed by atoms with Crippen molar-refractivity contribution in [3.63, 3.8) is 0 Å². The van der Waals surface area contributed by atoms with Gasteiger partial charge in [-0.3, -0.25) is 14.4 Å². The summed E-state index contributed by atoms with van der Waals surface area (Å²) >= 11 is 0. The first kappa shape index (κ1) is 14.4. The van der Waals surface area contributed by atoms with Crippen LogP contribution in [0.25, 0.3) is 0 Å². The van der Waals surface area contributed by atoms with Gasteiger partial charge in [0.25, 0.3) is 0 Å². The van der Waals surface area contributed by atoms with Crippen molar-refractivity contribution < 1.29 is 33.3 Å². The molecule has 0 aromatic rings. The Balaban J connectivity index is 2.56. The van der Waals surface area contributed by atoms with E-state index in [1.807, 2.05) is 0 Å². The van der Waals surface area contributed by atoms with Crippen molar-refractivity contribution in [2.24, 2.45) is 0 Å². The monoisotopic (exact) mass is 260 g/mol. The van der Waals surface area contributed by atoms with Gasteiger partial charge in [0.1, 0.15) is 18.8 Å². The molecule has 0 radical (unpaired) electrons. The lowest BCUT2D eigenvalue weighted by atomic mass is 10.2. The lowest BCUT2D eigenvalue weighted by Gasteiger charge is -2.17. The molecule has 1 fully saturated rings. The van der Waals surface area contributed by atoms with E-state index in [0.717, 1.165) is 0 Å². The van der Waals surface area contributed by atoms with Gasteiger partial charge in [0.15, 0.2) is 0 Å². The van der Waals surface area contributed by atoms with Gasteiger partial charge in [0.2, 0.25) is 6.29 Å². The summed E-state index contributed by atoms with van der Waals surface area (Å²) in [6.07, 6.45) is -1.77. The maximum atomic E-state index is 10.9. The molecular formula is C11H16O7. The van der Waals surface area contributed by atoms with Gasteiger partial charge in [-0.15, -0.1) is 0 Å². The van der Waals surface area contributed by atoms with Crippen molar-refractivity contribution in [1.29, 1.82) is 0 Å². The third-order valence-electron chi connectivity index (χ3n) is 2.23. The second-order valence-electron chi connectivity index (χ2n) is 3.90. The zero-order valence-corrected chi connectivity index (χ0v) is 10.5. The van der Waals surface area contributed by atoms with Gasteiger partial charge in [0.05, 0.1) is 6.42 Å². The van der Waals surface area contributed by atoms with Crippen molar-refractivity contribution in [1.82, 2.24) is 0 Å². The molecule has 3 atom stereocenters. The lowest BCUT2D eigenvalue weighted by Crippen LogP contribution is -2.31. The van der Waals surface area contributed by atoms with Gasteiger partial charge < -0.3 is 18.9 Å². The summed E-state index contributed by atoms with van der Waals surface area (Å²) in [6.45, 7) is 3.73. The summed E-state index contributed by atoms with van der Waals surface area (Å²) < 4.78 is 20.0. The average molecular weight is 260 g/mol. The van der Waals surface area contributed by atoms with Crippen molar-refractivity contribution in [2.75, 3.05) is 6.61 Å². The highest BCUT2D eigenvalue weighted by Crippen LogP contribution is 2.24. The van der Waals surface area contributed by atoms with Gasteiger partial charge in [-0.1, -0.05) is 0 Å². The van der Waals surface area contributed by atoms with Crippen LogP contribution in [0.15, 0.2) is 0 Å². The summed E-state index contributed by atoms with van der Waals surface area (Å²) in [5.74, 6) is -1.43. The minimum Gasteiger partial charge on any atom is -0.463 e. The van der Waals surface area contributed by atoms with Crippen LogP contribution in [0.5, 0.6) is 0 Å². The van der Waals surface area contributed by atoms with Crippen LogP contribution in [0, 0.1) is 0 Å². The Morgan fingerprint density at radius 1 is 1.06 bits per heavy atom. The number of esters is 3. The van der Waals surface area contributed by atoms with E-state index < -0.39 is 36.4 Å². The molecule has 1 aliphatic heterocycles. The van der Waals surface area contributed by atoms with Crippen LogP contribution in [0.3, 0.4) is 0 Å². The van der Waals surface area contributed by atoms with Crippen molar-refractivity contribution in [3.05, 3.63) is 0 Å². The van der Waals surface area contributed by atoms with E-state index in [9.17, 15) is 14.4 Å². The first-order valence-electron chi connectivity index (χ1n) is 5.51. The van der Waals surface area contributed by atoms with Gasteiger partial charge in [-0.25, -0.2) is 0 Å². The van der Waals surface area contributed by atoms with Gasteiger partial charge in [0, 0.05) is 20.8 Å². The molecule has 0 spiro atoms. The Morgan fingerprint density at radius 3 is 2.17 bits per heavy atom. The summed E-state index contributed by atoms with van der Waals surface area (Å²) in [5, 5.41) is 0. The molecule has 7 heteroatoms. The van der Waals surface area contributed by atoms with E-state index >= 15 is 0 Å². The van der Waals surface area contributed by atoms with E-state index in [1.54, 1.807) is 0 Å². The standard InChI is InChI=1S/C11H16O7/c1-6(12)15-5-10-9(16-7(2)13)4-11(18-10)17-8(3)14/h9-11H,4-5H2,1-3H3/t9-,10-,11-/m1/s1. The predicted molar refractivity (Wildman–Crippen MR) is 57.2 cm³/mol. The molecule has 1 rings (SSSR count). The van der Waals surface area contributed by atoms with Crippen LogP contribution >= 0.6 is 0 Å². The summed E-state index contributed by atoms with van der Waals surface area (Å²) in [7, 11) is 0. The SMILES string of the molecule is CC(=O)OC[C@H]1O[C@@H](OC(C)=O)C[C@H]1OC(C)=O. The Morgan fingerprint density at radius 2 is 1.67 bits per heavy atom. The van der Waals surface area contributed by atoms with Crippen LogP contribution in [-0.4, -0.2) is 43.0 Å². The van der Waals surface area contributed by atoms with Crippen LogP contribution in [-0.2, 0) is 33.3 Å². The molecular weight excluding hydrogens is 244 g/mol. The topological polar surface area (TPSA) is 88.1 Å². The van der Waals surface area contributed by atoms with Gasteiger partial charge in [-0.2, -0.15) is 0 Å². The van der Waals surface area contributed by atoms with Crippen molar-refractivity contribution in [3.8, 4) is 0 Å². The van der Waals surface area contributed by atoms with E-state index in [-0.39, 0.29) is 13.0 Å².